The summed E-state index contributed by atoms with van der Waals surface area (Å²) in [6.45, 7) is 1.95. The van der Waals surface area contributed by atoms with Crippen LogP contribution in [0.5, 0.6) is 0 Å². The fourth-order valence-corrected chi connectivity index (χ4v) is 4.11. The minimum absolute atomic E-state index is 0.180. The SMILES string of the molecule is Cc1ccc(S(=O)(=O)C2CCC(N)CC2)cc1. The van der Waals surface area contributed by atoms with Crippen LogP contribution in [0.15, 0.2) is 29.2 Å². The second-order valence-corrected chi connectivity index (χ2v) is 7.12. The Bertz CT molecular complexity index is 471. The third kappa shape index (κ3) is 2.69. The van der Waals surface area contributed by atoms with Gasteiger partial charge in [0.05, 0.1) is 10.1 Å². The Morgan fingerprint density at radius 1 is 1.06 bits per heavy atom. The van der Waals surface area contributed by atoms with Gasteiger partial charge in [-0.25, -0.2) is 8.42 Å². The second kappa shape index (κ2) is 4.78. The van der Waals surface area contributed by atoms with Crippen LogP contribution in [-0.4, -0.2) is 19.7 Å². The molecule has 0 spiro atoms. The van der Waals surface area contributed by atoms with Gasteiger partial charge in [0.2, 0.25) is 0 Å². The number of sulfone groups is 1. The zero-order chi connectivity index (χ0) is 12.5. The first-order valence-electron chi connectivity index (χ1n) is 6.06. The zero-order valence-corrected chi connectivity index (χ0v) is 10.9. The van der Waals surface area contributed by atoms with Gasteiger partial charge in [-0.05, 0) is 44.7 Å². The number of nitrogens with two attached hydrogens (primary N) is 1. The Labute approximate surface area is 103 Å². The van der Waals surface area contributed by atoms with Crippen LogP contribution in [0.2, 0.25) is 0 Å². The van der Waals surface area contributed by atoms with Gasteiger partial charge in [0, 0.05) is 6.04 Å². The van der Waals surface area contributed by atoms with Gasteiger partial charge in [0.15, 0.2) is 9.84 Å². The molecule has 1 saturated carbocycles. The van der Waals surface area contributed by atoms with Gasteiger partial charge in [-0.3, -0.25) is 0 Å². The van der Waals surface area contributed by atoms with Gasteiger partial charge in [-0.2, -0.15) is 0 Å². The third-order valence-electron chi connectivity index (χ3n) is 3.51. The molecule has 0 radical (unpaired) electrons. The summed E-state index contributed by atoms with van der Waals surface area (Å²) in [5, 5.41) is -0.245. The number of hydrogen-bond donors (Lipinski definition) is 1. The lowest BCUT2D eigenvalue weighted by atomic mass is 9.96. The van der Waals surface area contributed by atoms with Crippen LogP contribution >= 0.6 is 0 Å². The van der Waals surface area contributed by atoms with Gasteiger partial charge >= 0.3 is 0 Å². The van der Waals surface area contributed by atoms with E-state index in [1.54, 1.807) is 12.1 Å². The Morgan fingerprint density at radius 3 is 2.12 bits per heavy atom. The molecule has 1 aromatic carbocycles. The first-order valence-corrected chi connectivity index (χ1v) is 7.61. The molecular formula is C13H19NO2S. The summed E-state index contributed by atoms with van der Waals surface area (Å²) in [6.07, 6.45) is 3.01. The molecule has 17 heavy (non-hydrogen) atoms. The number of rotatable bonds is 2. The highest BCUT2D eigenvalue weighted by Gasteiger charge is 2.30. The van der Waals surface area contributed by atoms with Gasteiger partial charge in [0.1, 0.15) is 0 Å². The van der Waals surface area contributed by atoms with Crippen molar-refractivity contribution in [2.75, 3.05) is 0 Å². The summed E-state index contributed by atoms with van der Waals surface area (Å²) in [5.74, 6) is 0. The van der Waals surface area contributed by atoms with E-state index in [2.05, 4.69) is 0 Å². The number of benzene rings is 1. The minimum atomic E-state index is -3.16. The highest BCUT2D eigenvalue weighted by molar-refractivity contribution is 7.92. The summed E-state index contributed by atoms with van der Waals surface area (Å²) < 4.78 is 24.7. The molecule has 0 heterocycles. The van der Waals surface area contributed by atoms with Crippen LogP contribution in [-0.2, 0) is 9.84 Å². The van der Waals surface area contributed by atoms with E-state index in [4.69, 9.17) is 5.73 Å². The Hall–Kier alpha value is -0.870. The molecule has 2 N–H and O–H groups in total. The van der Waals surface area contributed by atoms with E-state index < -0.39 is 9.84 Å². The predicted molar refractivity (Wildman–Crippen MR) is 68.6 cm³/mol. The quantitative estimate of drug-likeness (QED) is 0.877. The van der Waals surface area contributed by atoms with Crippen molar-refractivity contribution in [3.8, 4) is 0 Å². The topological polar surface area (TPSA) is 60.2 Å². The molecule has 0 unspecified atom stereocenters. The average molecular weight is 253 g/mol. The lowest BCUT2D eigenvalue weighted by Gasteiger charge is -2.25. The molecule has 4 heteroatoms. The van der Waals surface area contributed by atoms with E-state index in [0.717, 1.165) is 18.4 Å². The molecule has 2 rings (SSSR count). The van der Waals surface area contributed by atoms with Crippen LogP contribution in [0.25, 0.3) is 0 Å². The monoisotopic (exact) mass is 253 g/mol. The predicted octanol–water partition coefficient (Wildman–Crippen LogP) is 2.04. The molecule has 0 aromatic heterocycles. The van der Waals surface area contributed by atoms with E-state index >= 15 is 0 Å². The van der Waals surface area contributed by atoms with Crippen molar-refractivity contribution < 1.29 is 8.42 Å². The van der Waals surface area contributed by atoms with Gasteiger partial charge in [0.25, 0.3) is 0 Å². The first-order chi connectivity index (χ1) is 8.00. The van der Waals surface area contributed by atoms with Gasteiger partial charge in [-0.1, -0.05) is 17.7 Å². The lowest BCUT2D eigenvalue weighted by molar-refractivity contribution is 0.433. The van der Waals surface area contributed by atoms with E-state index in [-0.39, 0.29) is 11.3 Å². The first kappa shape index (κ1) is 12.6. The molecule has 1 aliphatic carbocycles. The van der Waals surface area contributed by atoms with Crippen LogP contribution in [0.1, 0.15) is 31.2 Å². The smallest absolute Gasteiger partial charge is 0.181 e. The van der Waals surface area contributed by atoms with E-state index in [1.165, 1.54) is 0 Å². The summed E-state index contributed by atoms with van der Waals surface area (Å²) in [5.41, 5.74) is 6.88. The number of aryl methyl sites for hydroxylation is 1. The van der Waals surface area contributed by atoms with Crippen LogP contribution in [0.4, 0.5) is 0 Å². The third-order valence-corrected chi connectivity index (χ3v) is 5.79. The molecule has 1 aromatic rings. The zero-order valence-electron chi connectivity index (χ0n) is 10.1. The highest BCUT2D eigenvalue weighted by atomic mass is 32.2. The summed E-state index contributed by atoms with van der Waals surface area (Å²) in [4.78, 5) is 0.448. The highest BCUT2D eigenvalue weighted by Crippen LogP contribution is 2.28. The maximum Gasteiger partial charge on any atom is 0.181 e. The molecule has 3 nitrogen and oxygen atoms in total. The fraction of sp³-hybridized carbons (Fsp3) is 0.538. The van der Waals surface area contributed by atoms with Crippen molar-refractivity contribution in [3.63, 3.8) is 0 Å². The minimum Gasteiger partial charge on any atom is -0.328 e. The number of hydrogen-bond acceptors (Lipinski definition) is 3. The van der Waals surface area contributed by atoms with Crippen molar-refractivity contribution in [1.82, 2.24) is 0 Å². The van der Waals surface area contributed by atoms with Crippen molar-refractivity contribution in [3.05, 3.63) is 29.8 Å². The molecule has 0 amide bonds. The Balaban J connectivity index is 2.21. The standard InChI is InChI=1S/C13H19NO2S/c1-10-2-6-12(7-3-10)17(15,16)13-8-4-11(14)5-9-13/h2-3,6-7,11,13H,4-5,8-9,14H2,1H3. The molecule has 0 atom stereocenters. The Morgan fingerprint density at radius 2 is 1.59 bits per heavy atom. The fourth-order valence-electron chi connectivity index (χ4n) is 2.32. The van der Waals surface area contributed by atoms with Crippen LogP contribution in [0, 0.1) is 6.92 Å². The molecule has 0 aliphatic heterocycles. The normalized spacial score (nSPS) is 25.8. The largest absolute Gasteiger partial charge is 0.328 e. The summed E-state index contributed by atoms with van der Waals surface area (Å²) in [7, 11) is -3.16. The summed E-state index contributed by atoms with van der Waals surface area (Å²) in [6, 6.07) is 7.29. The maximum atomic E-state index is 12.4. The molecule has 1 aliphatic rings. The van der Waals surface area contributed by atoms with E-state index in [9.17, 15) is 8.42 Å². The lowest BCUT2D eigenvalue weighted by Crippen LogP contribution is -2.33. The average Bonchev–Trinajstić information content (AvgIpc) is 2.30. The van der Waals surface area contributed by atoms with Crippen molar-refractivity contribution in [1.29, 1.82) is 0 Å². The van der Waals surface area contributed by atoms with Crippen LogP contribution in [0.3, 0.4) is 0 Å². The van der Waals surface area contributed by atoms with Crippen LogP contribution < -0.4 is 5.73 Å². The van der Waals surface area contributed by atoms with Crippen molar-refractivity contribution in [2.45, 2.75) is 48.8 Å². The van der Waals surface area contributed by atoms with Crippen molar-refractivity contribution in [2.24, 2.45) is 5.73 Å². The molecule has 1 fully saturated rings. The summed E-state index contributed by atoms with van der Waals surface area (Å²) >= 11 is 0. The van der Waals surface area contributed by atoms with Gasteiger partial charge < -0.3 is 5.73 Å². The molecule has 94 valence electrons. The molecular weight excluding hydrogens is 234 g/mol. The Kier molecular flexibility index (Phi) is 3.54. The maximum absolute atomic E-state index is 12.4. The van der Waals surface area contributed by atoms with Crippen molar-refractivity contribution >= 4 is 9.84 Å². The van der Waals surface area contributed by atoms with E-state index in [1.807, 2.05) is 19.1 Å². The second-order valence-electron chi connectivity index (χ2n) is 4.89. The van der Waals surface area contributed by atoms with Gasteiger partial charge in [-0.15, -0.1) is 0 Å². The molecule has 0 saturated heterocycles. The van der Waals surface area contributed by atoms with E-state index in [0.29, 0.717) is 17.7 Å². The molecule has 0 bridgehead atoms.